The molecule has 3 aromatic rings. The van der Waals surface area contributed by atoms with Gasteiger partial charge in [0, 0.05) is 27.0 Å². The van der Waals surface area contributed by atoms with Crippen LogP contribution in [-0.2, 0) is 6.54 Å². The van der Waals surface area contributed by atoms with Crippen molar-refractivity contribution in [3.05, 3.63) is 51.0 Å². The molecule has 3 rings (SSSR count). The molecule has 3 N–H and O–H groups in total. The van der Waals surface area contributed by atoms with Crippen LogP contribution in [0.4, 0.5) is 0 Å². The van der Waals surface area contributed by atoms with Gasteiger partial charge in [0.25, 0.3) is 5.91 Å². The van der Waals surface area contributed by atoms with Crippen LogP contribution in [0.25, 0.3) is 10.9 Å². The molecular formula is C13H11BrN4OS. The number of aromatic nitrogens is 2. The molecule has 20 heavy (non-hydrogen) atoms. The first-order chi connectivity index (χ1) is 9.69. The van der Waals surface area contributed by atoms with Gasteiger partial charge in [-0.3, -0.25) is 10.2 Å². The van der Waals surface area contributed by atoms with Crippen LogP contribution in [0.15, 0.2) is 40.3 Å². The van der Waals surface area contributed by atoms with E-state index < -0.39 is 0 Å². The van der Waals surface area contributed by atoms with Gasteiger partial charge in [0.1, 0.15) is 0 Å². The van der Waals surface area contributed by atoms with Crippen molar-refractivity contribution in [3.63, 3.8) is 0 Å². The fourth-order valence-electron chi connectivity index (χ4n) is 2.04. The molecule has 0 saturated carbocycles. The zero-order valence-corrected chi connectivity index (χ0v) is 12.7. The van der Waals surface area contributed by atoms with E-state index in [0.29, 0.717) is 11.6 Å². The van der Waals surface area contributed by atoms with Crippen LogP contribution in [0, 0.1) is 0 Å². The number of amides is 1. The van der Waals surface area contributed by atoms with E-state index in [0.717, 1.165) is 21.1 Å². The molecule has 0 aliphatic carbocycles. The molecule has 0 fully saturated rings. The summed E-state index contributed by atoms with van der Waals surface area (Å²) in [5, 5.41) is 3.40. The monoisotopic (exact) mass is 350 g/mol. The highest BCUT2D eigenvalue weighted by Gasteiger charge is 2.11. The van der Waals surface area contributed by atoms with Gasteiger partial charge in [-0.15, -0.1) is 11.3 Å². The molecule has 0 aliphatic heterocycles. The van der Waals surface area contributed by atoms with Crippen LogP contribution >= 0.6 is 27.3 Å². The largest absolute Gasteiger partial charge is 0.341 e. The predicted octanol–water partition coefficient (Wildman–Crippen LogP) is 2.51. The number of hydrazine groups is 1. The maximum atomic E-state index is 11.4. The number of nitrogens with zero attached hydrogens (tertiary/aromatic N) is 2. The summed E-state index contributed by atoms with van der Waals surface area (Å²) >= 11 is 4.82. The number of rotatable bonds is 3. The molecule has 0 atom stereocenters. The van der Waals surface area contributed by atoms with Crippen LogP contribution in [0.3, 0.4) is 0 Å². The molecule has 2 aromatic heterocycles. The first kappa shape index (κ1) is 13.3. The van der Waals surface area contributed by atoms with Gasteiger partial charge in [-0.25, -0.2) is 10.8 Å². The zero-order valence-electron chi connectivity index (χ0n) is 10.3. The maximum absolute atomic E-state index is 11.4. The van der Waals surface area contributed by atoms with Crippen LogP contribution < -0.4 is 11.3 Å². The standard InChI is InChI=1S/C13H11BrN4OS/c14-10-2-1-3-11-9(10)4-5-18(11)6-8-7-20-13(16-8)12(19)17-15/h1-5,7H,6,15H2,(H,17,19). The Balaban J connectivity index is 1.92. The Kier molecular flexibility index (Phi) is 3.56. The lowest BCUT2D eigenvalue weighted by molar-refractivity contribution is 0.0953. The molecule has 1 aromatic carbocycles. The van der Waals surface area contributed by atoms with Crippen molar-refractivity contribution >= 4 is 44.1 Å². The second kappa shape index (κ2) is 5.35. The van der Waals surface area contributed by atoms with Gasteiger partial charge in [-0.1, -0.05) is 22.0 Å². The number of hydrogen-bond donors (Lipinski definition) is 2. The van der Waals surface area contributed by atoms with Crippen molar-refractivity contribution in [2.75, 3.05) is 0 Å². The van der Waals surface area contributed by atoms with Gasteiger partial charge in [0.15, 0.2) is 5.01 Å². The summed E-state index contributed by atoms with van der Waals surface area (Å²) < 4.78 is 3.16. The van der Waals surface area contributed by atoms with E-state index in [9.17, 15) is 4.79 Å². The minimum atomic E-state index is -0.360. The lowest BCUT2D eigenvalue weighted by Crippen LogP contribution is -2.29. The third kappa shape index (κ3) is 2.35. The van der Waals surface area contributed by atoms with Crippen molar-refractivity contribution in [2.24, 2.45) is 5.84 Å². The van der Waals surface area contributed by atoms with E-state index in [4.69, 9.17) is 5.84 Å². The van der Waals surface area contributed by atoms with Crippen LogP contribution in [0.5, 0.6) is 0 Å². The van der Waals surface area contributed by atoms with Gasteiger partial charge < -0.3 is 4.57 Å². The summed E-state index contributed by atoms with van der Waals surface area (Å²) in [5.74, 6) is 4.74. The average Bonchev–Trinajstić information content (AvgIpc) is 3.07. The van der Waals surface area contributed by atoms with Gasteiger partial charge in [-0.05, 0) is 18.2 Å². The van der Waals surface area contributed by atoms with E-state index in [1.807, 2.05) is 23.7 Å². The Morgan fingerprint density at radius 2 is 2.30 bits per heavy atom. The maximum Gasteiger partial charge on any atom is 0.294 e. The van der Waals surface area contributed by atoms with E-state index in [1.54, 1.807) is 0 Å². The summed E-state index contributed by atoms with van der Waals surface area (Å²) in [6.07, 6.45) is 2.01. The van der Waals surface area contributed by atoms with Gasteiger partial charge in [-0.2, -0.15) is 0 Å². The van der Waals surface area contributed by atoms with Gasteiger partial charge in [0.05, 0.1) is 12.2 Å². The normalized spacial score (nSPS) is 10.9. The quantitative estimate of drug-likeness (QED) is 0.433. The summed E-state index contributed by atoms with van der Waals surface area (Å²) in [5.41, 5.74) is 4.05. The lowest BCUT2D eigenvalue weighted by atomic mass is 10.2. The number of halogens is 1. The minimum absolute atomic E-state index is 0.360. The van der Waals surface area contributed by atoms with E-state index in [1.165, 1.54) is 11.3 Å². The number of carbonyl (C=O) groups excluding carboxylic acids is 1. The molecular weight excluding hydrogens is 340 g/mol. The van der Waals surface area contributed by atoms with Crippen molar-refractivity contribution in [3.8, 4) is 0 Å². The molecule has 0 spiro atoms. The molecule has 1 amide bonds. The molecule has 0 aliphatic rings. The Morgan fingerprint density at radius 3 is 3.10 bits per heavy atom. The predicted molar refractivity (Wildman–Crippen MR) is 82.5 cm³/mol. The Bertz CT molecular complexity index is 780. The van der Waals surface area contributed by atoms with Crippen molar-refractivity contribution in [1.29, 1.82) is 0 Å². The van der Waals surface area contributed by atoms with Crippen LogP contribution in [-0.4, -0.2) is 15.5 Å². The Hall–Kier alpha value is -1.70. The summed E-state index contributed by atoms with van der Waals surface area (Å²) in [7, 11) is 0. The highest BCUT2D eigenvalue weighted by molar-refractivity contribution is 9.10. The number of benzene rings is 1. The third-order valence-corrected chi connectivity index (χ3v) is 4.55. The minimum Gasteiger partial charge on any atom is -0.341 e. The number of carbonyl (C=O) groups is 1. The highest BCUT2D eigenvalue weighted by Crippen LogP contribution is 2.25. The zero-order chi connectivity index (χ0) is 14.1. The molecule has 5 nitrogen and oxygen atoms in total. The SMILES string of the molecule is NNC(=O)c1nc(Cn2ccc3c(Br)cccc32)cs1. The van der Waals surface area contributed by atoms with E-state index in [-0.39, 0.29) is 5.91 Å². The number of fused-ring (bicyclic) bond motifs is 1. The number of thiazole rings is 1. The molecule has 0 unspecified atom stereocenters. The van der Waals surface area contributed by atoms with Crippen molar-refractivity contribution in [2.45, 2.75) is 6.54 Å². The molecule has 102 valence electrons. The van der Waals surface area contributed by atoms with Crippen molar-refractivity contribution in [1.82, 2.24) is 15.0 Å². The molecule has 0 saturated heterocycles. The van der Waals surface area contributed by atoms with E-state index >= 15 is 0 Å². The topological polar surface area (TPSA) is 72.9 Å². The van der Waals surface area contributed by atoms with Crippen LogP contribution in [0.1, 0.15) is 15.5 Å². The summed E-state index contributed by atoms with van der Waals surface area (Å²) in [6, 6.07) is 8.12. The number of hydrogen-bond acceptors (Lipinski definition) is 4. The Morgan fingerprint density at radius 1 is 1.45 bits per heavy atom. The molecule has 0 bridgehead atoms. The second-order valence-corrected chi connectivity index (χ2v) is 5.95. The van der Waals surface area contributed by atoms with Crippen LogP contribution in [0.2, 0.25) is 0 Å². The number of nitrogens with one attached hydrogen (secondary N) is 1. The second-order valence-electron chi connectivity index (χ2n) is 4.23. The fraction of sp³-hybridized carbons (Fsp3) is 0.0769. The van der Waals surface area contributed by atoms with Crippen molar-refractivity contribution < 1.29 is 4.79 Å². The first-order valence-corrected chi connectivity index (χ1v) is 7.55. The number of nitrogens with two attached hydrogens (primary N) is 1. The van der Waals surface area contributed by atoms with E-state index in [2.05, 4.69) is 43.0 Å². The summed E-state index contributed by atoms with van der Waals surface area (Å²) in [6.45, 7) is 0.619. The van der Waals surface area contributed by atoms with Gasteiger partial charge in [0.2, 0.25) is 0 Å². The fourth-order valence-corrected chi connectivity index (χ4v) is 3.24. The molecule has 2 heterocycles. The highest BCUT2D eigenvalue weighted by atomic mass is 79.9. The third-order valence-electron chi connectivity index (χ3n) is 2.97. The smallest absolute Gasteiger partial charge is 0.294 e. The summed E-state index contributed by atoms with van der Waals surface area (Å²) in [4.78, 5) is 15.7. The average molecular weight is 351 g/mol. The first-order valence-electron chi connectivity index (χ1n) is 5.88. The molecule has 0 radical (unpaired) electrons. The van der Waals surface area contributed by atoms with Gasteiger partial charge >= 0.3 is 0 Å². The molecule has 7 heteroatoms. The Labute approximate surface area is 127 Å². The number of nitrogen functional groups attached to an aromatic ring is 1. The lowest BCUT2D eigenvalue weighted by Gasteiger charge is -2.03.